The van der Waals surface area contributed by atoms with Crippen LogP contribution in [-0.4, -0.2) is 11.9 Å². The average molecular weight is 94.1 g/mol. The number of thiol groups is 1. The molecule has 1 N–H and O–H groups in total. The van der Waals surface area contributed by atoms with Gasteiger partial charge in [0.25, 0.3) is 0 Å². The quantitative estimate of drug-likeness (QED) is 0.347. The number of rotatable bonds is 1. The van der Waals surface area contributed by atoms with Gasteiger partial charge in [-0.05, 0) is 0 Å². The Morgan fingerprint density at radius 2 is 2.00 bits per heavy atom. The zero-order chi connectivity index (χ0) is 3.41. The van der Waals surface area contributed by atoms with Gasteiger partial charge in [-0.25, -0.2) is 4.79 Å². The van der Waals surface area contributed by atoms with Gasteiger partial charge < -0.3 is 4.18 Å². The van der Waals surface area contributed by atoms with Crippen molar-refractivity contribution in [2.75, 3.05) is 0 Å². The minimum Gasteiger partial charge on any atom is -0.386 e. The van der Waals surface area contributed by atoms with Crippen LogP contribution in [0.15, 0.2) is 0 Å². The van der Waals surface area contributed by atoms with E-state index in [1.165, 1.54) is 0 Å². The van der Waals surface area contributed by atoms with E-state index in [0.717, 1.165) is 6.47 Å². The Balaban J connectivity index is 0. The van der Waals surface area contributed by atoms with E-state index in [1.807, 2.05) is 0 Å². The molecule has 0 amide bonds. The van der Waals surface area contributed by atoms with Crippen LogP contribution in [0.5, 0.6) is 0 Å². The summed E-state index contributed by atoms with van der Waals surface area (Å²) in [6.07, 6.45) is 0. The van der Waals surface area contributed by atoms with Gasteiger partial charge in [0.05, 0.1) is 0 Å². The minimum atomic E-state index is 0. The van der Waals surface area contributed by atoms with Crippen molar-refractivity contribution < 1.29 is 14.5 Å². The smallest absolute Gasteiger partial charge is 0.386 e. The molecule has 0 atom stereocenters. The molecule has 30 valence electrons. The highest BCUT2D eigenvalue weighted by Gasteiger charge is 1.52. The lowest BCUT2D eigenvalue weighted by Crippen LogP contribution is -1.57. The second kappa shape index (κ2) is 9.22. The van der Waals surface area contributed by atoms with E-state index in [-0.39, 0.29) is 5.48 Å². The third-order valence-electron chi connectivity index (χ3n) is 0.0373. The molecule has 0 aliphatic heterocycles. The molecule has 0 heterocycles. The summed E-state index contributed by atoms with van der Waals surface area (Å²) in [4.78, 5) is 8.75. The van der Waals surface area contributed by atoms with E-state index in [1.54, 1.807) is 0 Å². The van der Waals surface area contributed by atoms with Crippen molar-refractivity contribution in [3.05, 3.63) is 0 Å². The fourth-order valence-corrected chi connectivity index (χ4v) is 0. The number of hydrogen-bond acceptors (Lipinski definition) is 3. The molecular formula is CH2O3S. The summed E-state index contributed by atoms with van der Waals surface area (Å²) in [5, 5.41) is 0. The van der Waals surface area contributed by atoms with Crippen molar-refractivity contribution in [1.29, 1.82) is 0 Å². The normalized spacial score (nSPS) is 4.20. The molecule has 0 aromatic rings. The molecule has 0 fully saturated rings. The first-order valence-corrected chi connectivity index (χ1v) is 0.956. The molecule has 5 heavy (non-hydrogen) atoms. The molecule has 0 bridgehead atoms. The summed E-state index contributed by atoms with van der Waals surface area (Å²) >= 11 is 3.00. The molecule has 0 unspecified atom stereocenters. The first kappa shape index (κ1) is 8.84. The average Bonchev–Trinajstić information content (AvgIpc) is 1.37. The Kier molecular flexibility index (Phi) is 16.3. The maximum Gasteiger partial charge on any atom is 0.430 e. The second-order valence-electron chi connectivity index (χ2n) is 0.175. The summed E-state index contributed by atoms with van der Waals surface area (Å²) in [5.41, 5.74) is 0. The Morgan fingerprint density at radius 1 is 1.80 bits per heavy atom. The summed E-state index contributed by atoms with van der Waals surface area (Å²) in [6, 6.07) is 0. The van der Waals surface area contributed by atoms with Crippen LogP contribution in [0.4, 0.5) is 0 Å². The maximum absolute atomic E-state index is 8.75. The Bertz CT molecular complexity index is 20.9. The predicted octanol–water partition coefficient (Wildman–Crippen LogP) is -0.262. The van der Waals surface area contributed by atoms with Gasteiger partial charge in [-0.3, -0.25) is 5.48 Å². The third kappa shape index (κ3) is 19.7. The van der Waals surface area contributed by atoms with E-state index in [9.17, 15) is 0 Å². The molecular weight excluding hydrogens is 92.1 g/mol. The van der Waals surface area contributed by atoms with Gasteiger partial charge in [-0.2, -0.15) is 0 Å². The van der Waals surface area contributed by atoms with E-state index in [0.29, 0.717) is 0 Å². The topological polar surface area (TPSA) is 56.3 Å². The molecule has 4 heteroatoms. The van der Waals surface area contributed by atoms with Gasteiger partial charge in [0.1, 0.15) is 0 Å². The van der Waals surface area contributed by atoms with Crippen molar-refractivity contribution >= 4 is 19.4 Å². The Hall–Kier alpha value is -0.220. The zero-order valence-corrected chi connectivity index (χ0v) is 3.11. The molecule has 0 aliphatic carbocycles. The van der Waals surface area contributed by atoms with Gasteiger partial charge in [0.15, 0.2) is 0 Å². The highest BCUT2D eigenvalue weighted by atomic mass is 32.1. The molecule has 0 saturated carbocycles. The molecule has 0 aromatic carbocycles. The Labute approximate surface area is 34.9 Å². The highest BCUT2D eigenvalue weighted by Crippen LogP contribution is 1.61. The minimum absolute atomic E-state index is 0. The fourth-order valence-electron chi connectivity index (χ4n) is 0. The van der Waals surface area contributed by atoms with Crippen molar-refractivity contribution in [3.8, 4) is 0 Å². The first-order valence-electron chi connectivity index (χ1n) is 0.591. The van der Waals surface area contributed by atoms with Crippen molar-refractivity contribution in [3.63, 3.8) is 0 Å². The van der Waals surface area contributed by atoms with Crippen LogP contribution in [0.3, 0.4) is 0 Å². The van der Waals surface area contributed by atoms with Crippen LogP contribution < -0.4 is 0 Å². The summed E-state index contributed by atoms with van der Waals surface area (Å²) < 4.78 is 3.43. The van der Waals surface area contributed by atoms with E-state index in [4.69, 9.17) is 4.79 Å². The van der Waals surface area contributed by atoms with Crippen LogP contribution in [0.2, 0.25) is 0 Å². The van der Waals surface area contributed by atoms with Gasteiger partial charge in [-0.1, -0.05) is 0 Å². The van der Waals surface area contributed by atoms with Crippen molar-refractivity contribution in [2.45, 2.75) is 0 Å². The standard InChI is InChI=1S/CHO2S.HO/c2-1-3-4;/h4H;1H. The summed E-state index contributed by atoms with van der Waals surface area (Å²) in [7, 11) is 0. The van der Waals surface area contributed by atoms with Gasteiger partial charge in [-0.15, -0.1) is 0 Å². The van der Waals surface area contributed by atoms with E-state index in [2.05, 4.69) is 17.1 Å². The van der Waals surface area contributed by atoms with Crippen molar-refractivity contribution in [2.24, 2.45) is 0 Å². The SMILES string of the molecule is O=[C]OS.[OH]. The van der Waals surface area contributed by atoms with E-state index >= 15 is 0 Å². The molecule has 0 saturated heterocycles. The summed E-state index contributed by atoms with van der Waals surface area (Å²) in [6.45, 7) is 1.04. The third-order valence-corrected chi connectivity index (χ3v) is 0.112. The molecule has 2 radical (unpaired) electrons. The highest BCUT2D eigenvalue weighted by molar-refractivity contribution is 7.75. The molecule has 0 rings (SSSR count). The number of carbonyl (C=O) groups excluding carboxylic acids is 1. The van der Waals surface area contributed by atoms with E-state index < -0.39 is 0 Å². The molecule has 0 spiro atoms. The molecule has 0 aliphatic rings. The lowest BCUT2D eigenvalue weighted by atomic mass is 11.7. The summed E-state index contributed by atoms with van der Waals surface area (Å²) in [5.74, 6) is 0. The van der Waals surface area contributed by atoms with Crippen molar-refractivity contribution in [1.82, 2.24) is 0 Å². The van der Waals surface area contributed by atoms with Crippen LogP contribution in [-0.2, 0) is 8.98 Å². The predicted molar refractivity (Wildman–Crippen MR) is 17.7 cm³/mol. The van der Waals surface area contributed by atoms with Crippen LogP contribution in [0, 0.1) is 0 Å². The van der Waals surface area contributed by atoms with Gasteiger partial charge in [0, 0.05) is 12.9 Å². The largest absolute Gasteiger partial charge is 0.430 e. The van der Waals surface area contributed by atoms with Gasteiger partial charge in [0.2, 0.25) is 0 Å². The molecule has 0 aromatic heterocycles. The van der Waals surface area contributed by atoms with Crippen LogP contribution in [0.1, 0.15) is 0 Å². The zero-order valence-electron chi connectivity index (χ0n) is 2.21. The first-order chi connectivity index (χ1) is 1.91. The fraction of sp³-hybridized carbons (Fsp3) is 0. The lowest BCUT2D eigenvalue weighted by Gasteiger charge is -1.60. The van der Waals surface area contributed by atoms with Crippen LogP contribution in [0.25, 0.3) is 0 Å². The second-order valence-corrected chi connectivity index (χ2v) is 0.357. The van der Waals surface area contributed by atoms with Crippen LogP contribution >= 0.6 is 12.9 Å². The Morgan fingerprint density at radius 3 is 2.00 bits per heavy atom. The monoisotopic (exact) mass is 94.0 g/mol. The lowest BCUT2D eigenvalue weighted by molar-refractivity contribution is 0.478. The molecule has 3 nitrogen and oxygen atoms in total. The number of hydrogen-bond donors (Lipinski definition) is 2. The maximum atomic E-state index is 8.75. The van der Waals surface area contributed by atoms with Gasteiger partial charge >= 0.3 is 6.47 Å².